The molecular weight excluding hydrogens is 336 g/mol. The van der Waals surface area contributed by atoms with Crippen LogP contribution in [0.15, 0.2) is 18.3 Å². The molecule has 1 aromatic rings. The number of likely N-dealkylation sites (tertiary alicyclic amines) is 1. The molecule has 1 aromatic heterocycles. The van der Waals surface area contributed by atoms with Crippen LogP contribution in [0.25, 0.3) is 0 Å². The summed E-state index contributed by atoms with van der Waals surface area (Å²) < 4.78 is 0. The van der Waals surface area contributed by atoms with Crippen molar-refractivity contribution in [3.8, 4) is 6.07 Å². The molecule has 0 aromatic carbocycles. The number of anilines is 1. The zero-order valence-corrected chi connectivity index (χ0v) is 15.2. The molecule has 9 nitrogen and oxygen atoms in total. The summed E-state index contributed by atoms with van der Waals surface area (Å²) in [6, 6.07) is 5.27. The fraction of sp³-hybridized carbons (Fsp3) is 0.588. The van der Waals surface area contributed by atoms with Gasteiger partial charge in [0.25, 0.3) is 5.69 Å². The van der Waals surface area contributed by atoms with Crippen molar-refractivity contribution in [2.24, 2.45) is 5.92 Å². The van der Waals surface area contributed by atoms with Gasteiger partial charge in [0.15, 0.2) is 0 Å². The number of nitriles is 1. The molecule has 2 unspecified atom stereocenters. The van der Waals surface area contributed by atoms with Gasteiger partial charge in [-0.1, -0.05) is 13.8 Å². The van der Waals surface area contributed by atoms with E-state index in [2.05, 4.69) is 21.7 Å². The van der Waals surface area contributed by atoms with Crippen molar-refractivity contribution in [3.63, 3.8) is 0 Å². The molecule has 0 saturated carbocycles. The second-order valence-corrected chi connectivity index (χ2v) is 7.04. The summed E-state index contributed by atoms with van der Waals surface area (Å²) >= 11 is 0. The number of amides is 1. The number of nitrogens with one attached hydrogen (secondary N) is 2. The fourth-order valence-corrected chi connectivity index (χ4v) is 2.72. The van der Waals surface area contributed by atoms with Crippen LogP contribution in [0.3, 0.4) is 0 Å². The number of hydrogen-bond donors (Lipinski definition) is 2. The third kappa shape index (κ3) is 4.89. The maximum Gasteiger partial charge on any atom is 0.287 e. The molecule has 0 bridgehead atoms. The van der Waals surface area contributed by atoms with E-state index in [1.165, 1.54) is 12.3 Å². The van der Waals surface area contributed by atoms with E-state index in [1.807, 2.05) is 18.7 Å². The van der Waals surface area contributed by atoms with Gasteiger partial charge in [-0.05, 0) is 25.3 Å². The van der Waals surface area contributed by atoms with Gasteiger partial charge in [0, 0.05) is 25.2 Å². The number of aromatic nitrogens is 1. The lowest BCUT2D eigenvalue weighted by Gasteiger charge is -2.28. The summed E-state index contributed by atoms with van der Waals surface area (Å²) in [6.45, 7) is 7.17. The second kappa shape index (κ2) is 8.10. The predicted octanol–water partition coefficient (Wildman–Crippen LogP) is 1.53. The SMILES string of the molecule is CC(C)C(C)(C#N)NC(=O)CN1CCC(Nc2ccc([N+](=O)[O-])cn2)C1. The molecule has 1 saturated heterocycles. The number of carbonyl (C=O) groups excluding carboxylic acids is 1. The third-order valence-corrected chi connectivity index (χ3v) is 4.74. The van der Waals surface area contributed by atoms with E-state index in [9.17, 15) is 20.2 Å². The maximum atomic E-state index is 12.2. The predicted molar refractivity (Wildman–Crippen MR) is 96.4 cm³/mol. The largest absolute Gasteiger partial charge is 0.366 e. The van der Waals surface area contributed by atoms with Gasteiger partial charge in [-0.15, -0.1) is 0 Å². The van der Waals surface area contributed by atoms with Crippen molar-refractivity contribution in [1.82, 2.24) is 15.2 Å². The lowest BCUT2D eigenvalue weighted by atomic mass is 9.90. The first-order valence-electron chi connectivity index (χ1n) is 8.55. The Morgan fingerprint density at radius 1 is 1.58 bits per heavy atom. The quantitative estimate of drug-likeness (QED) is 0.558. The number of nitro groups is 1. The summed E-state index contributed by atoms with van der Waals surface area (Å²) in [5.74, 6) is 0.415. The van der Waals surface area contributed by atoms with Crippen LogP contribution in [0, 0.1) is 27.4 Å². The van der Waals surface area contributed by atoms with Crippen LogP contribution in [-0.4, -0.2) is 51.9 Å². The highest BCUT2D eigenvalue weighted by Crippen LogP contribution is 2.18. The van der Waals surface area contributed by atoms with E-state index >= 15 is 0 Å². The molecule has 9 heteroatoms. The molecule has 2 rings (SSSR count). The van der Waals surface area contributed by atoms with Gasteiger partial charge >= 0.3 is 0 Å². The number of pyridine rings is 1. The normalized spacial score (nSPS) is 19.6. The van der Waals surface area contributed by atoms with Crippen molar-refractivity contribution in [1.29, 1.82) is 5.26 Å². The monoisotopic (exact) mass is 360 g/mol. The summed E-state index contributed by atoms with van der Waals surface area (Å²) in [5, 5.41) is 26.0. The van der Waals surface area contributed by atoms with Gasteiger partial charge in [-0.25, -0.2) is 4.98 Å². The van der Waals surface area contributed by atoms with Crippen molar-refractivity contribution >= 4 is 17.4 Å². The van der Waals surface area contributed by atoms with Crippen LogP contribution in [0.1, 0.15) is 27.2 Å². The highest BCUT2D eigenvalue weighted by molar-refractivity contribution is 5.79. The first-order chi connectivity index (χ1) is 12.2. The van der Waals surface area contributed by atoms with Crippen LogP contribution in [0.4, 0.5) is 11.5 Å². The molecule has 2 atom stereocenters. The van der Waals surface area contributed by atoms with Gasteiger partial charge in [-0.3, -0.25) is 19.8 Å². The molecule has 2 heterocycles. The molecule has 2 N–H and O–H groups in total. The Balaban J connectivity index is 1.84. The first-order valence-corrected chi connectivity index (χ1v) is 8.55. The Bertz CT molecular complexity index is 699. The smallest absolute Gasteiger partial charge is 0.287 e. The van der Waals surface area contributed by atoms with Crippen LogP contribution >= 0.6 is 0 Å². The van der Waals surface area contributed by atoms with Crippen molar-refractivity contribution in [3.05, 3.63) is 28.4 Å². The van der Waals surface area contributed by atoms with Crippen LogP contribution in [0.5, 0.6) is 0 Å². The Hall–Kier alpha value is -2.73. The molecule has 0 radical (unpaired) electrons. The number of nitrogens with zero attached hydrogens (tertiary/aromatic N) is 4. The van der Waals surface area contributed by atoms with Gasteiger partial charge < -0.3 is 10.6 Å². The highest BCUT2D eigenvalue weighted by Gasteiger charge is 2.31. The molecule has 1 aliphatic heterocycles. The molecule has 0 spiro atoms. The minimum Gasteiger partial charge on any atom is -0.366 e. The Morgan fingerprint density at radius 3 is 2.85 bits per heavy atom. The average molecular weight is 360 g/mol. The Labute approximate surface area is 152 Å². The number of rotatable bonds is 7. The Morgan fingerprint density at radius 2 is 2.31 bits per heavy atom. The van der Waals surface area contributed by atoms with Crippen LogP contribution in [-0.2, 0) is 4.79 Å². The van der Waals surface area contributed by atoms with Gasteiger partial charge in [0.2, 0.25) is 5.91 Å². The topological polar surface area (TPSA) is 124 Å². The fourth-order valence-electron chi connectivity index (χ4n) is 2.72. The molecule has 26 heavy (non-hydrogen) atoms. The van der Waals surface area contributed by atoms with Crippen molar-refractivity contribution in [2.45, 2.75) is 38.8 Å². The van der Waals surface area contributed by atoms with Crippen molar-refractivity contribution in [2.75, 3.05) is 25.0 Å². The van der Waals surface area contributed by atoms with Gasteiger partial charge in [-0.2, -0.15) is 5.26 Å². The second-order valence-electron chi connectivity index (χ2n) is 7.04. The van der Waals surface area contributed by atoms with E-state index < -0.39 is 10.5 Å². The summed E-state index contributed by atoms with van der Waals surface area (Å²) in [4.78, 5) is 28.5. The first kappa shape index (κ1) is 19.6. The Kier molecular flexibility index (Phi) is 6.10. The minimum atomic E-state index is -0.878. The number of carbonyl (C=O) groups is 1. The third-order valence-electron chi connectivity index (χ3n) is 4.74. The maximum absolute atomic E-state index is 12.2. The van der Waals surface area contributed by atoms with E-state index in [0.717, 1.165) is 13.0 Å². The molecule has 1 aliphatic rings. The minimum absolute atomic E-state index is 0.0117. The molecule has 140 valence electrons. The van der Waals surface area contributed by atoms with E-state index in [-0.39, 0.29) is 30.1 Å². The summed E-state index contributed by atoms with van der Waals surface area (Å²) in [7, 11) is 0. The molecular formula is C17H24N6O3. The molecule has 0 aliphatic carbocycles. The van der Waals surface area contributed by atoms with E-state index in [1.54, 1.807) is 13.0 Å². The standard InChI is InChI=1S/C17H24N6O3/c1-12(2)17(3,11-18)21-16(24)10-22-7-6-13(9-22)20-15-5-4-14(8-19-15)23(25)26/h4-5,8,12-13H,6-7,9-10H2,1-3H3,(H,19,20)(H,21,24). The average Bonchev–Trinajstić information content (AvgIpc) is 3.01. The van der Waals surface area contributed by atoms with E-state index in [0.29, 0.717) is 12.4 Å². The van der Waals surface area contributed by atoms with Crippen LogP contribution in [0.2, 0.25) is 0 Å². The van der Waals surface area contributed by atoms with E-state index in [4.69, 9.17) is 0 Å². The van der Waals surface area contributed by atoms with Crippen LogP contribution < -0.4 is 10.6 Å². The van der Waals surface area contributed by atoms with Gasteiger partial charge in [0.05, 0.1) is 17.5 Å². The molecule has 1 fully saturated rings. The number of hydrogen-bond acceptors (Lipinski definition) is 7. The summed E-state index contributed by atoms with van der Waals surface area (Å²) in [6.07, 6.45) is 2.06. The zero-order chi connectivity index (χ0) is 19.3. The van der Waals surface area contributed by atoms with Gasteiger partial charge in [0.1, 0.15) is 17.6 Å². The highest BCUT2D eigenvalue weighted by atomic mass is 16.6. The molecule has 1 amide bonds. The van der Waals surface area contributed by atoms with Crippen molar-refractivity contribution < 1.29 is 9.72 Å². The summed E-state index contributed by atoms with van der Waals surface area (Å²) in [5.41, 5.74) is -0.928. The lowest BCUT2D eigenvalue weighted by Crippen LogP contribution is -2.51. The zero-order valence-electron chi connectivity index (χ0n) is 15.2. The lowest BCUT2D eigenvalue weighted by molar-refractivity contribution is -0.385.